The van der Waals surface area contributed by atoms with E-state index in [2.05, 4.69) is 21.9 Å². The Bertz CT molecular complexity index is 1100. The molecule has 5 nitrogen and oxygen atoms in total. The molecule has 1 fully saturated rings. The van der Waals surface area contributed by atoms with Gasteiger partial charge >= 0.3 is 0 Å². The summed E-state index contributed by atoms with van der Waals surface area (Å²) in [7, 11) is 0. The molecule has 7 heteroatoms. The van der Waals surface area contributed by atoms with Gasteiger partial charge in [0.2, 0.25) is 5.91 Å². The average Bonchev–Trinajstić information content (AvgIpc) is 3.36. The van der Waals surface area contributed by atoms with Crippen LogP contribution in [-0.4, -0.2) is 27.6 Å². The maximum Gasteiger partial charge on any atom is 0.260 e. The number of hydrogen-bond donors (Lipinski definition) is 1. The van der Waals surface area contributed by atoms with Crippen molar-refractivity contribution in [1.82, 2.24) is 9.97 Å². The molecule has 0 spiro atoms. The lowest BCUT2D eigenvalue weighted by atomic mass is 9.96. The molecule has 0 radical (unpaired) electrons. The zero-order chi connectivity index (χ0) is 22.1. The number of carbonyl (C=O) groups excluding carboxylic acids is 2. The molecule has 3 rings (SSSR count). The summed E-state index contributed by atoms with van der Waals surface area (Å²) in [6.45, 7) is 9.41. The van der Waals surface area contributed by atoms with Gasteiger partial charge < -0.3 is 5.32 Å². The molecular weight excluding hydrogens is 388 g/mol. The van der Waals surface area contributed by atoms with E-state index in [0.29, 0.717) is 17.5 Å². The van der Waals surface area contributed by atoms with E-state index >= 15 is 0 Å². The fourth-order valence-corrected chi connectivity index (χ4v) is 3.22. The molecule has 1 atom stereocenters. The summed E-state index contributed by atoms with van der Waals surface area (Å²) >= 11 is 0. The van der Waals surface area contributed by atoms with Crippen molar-refractivity contribution in [3.05, 3.63) is 60.0 Å². The van der Waals surface area contributed by atoms with Gasteiger partial charge in [-0.15, -0.1) is 0 Å². The number of pyridine rings is 2. The summed E-state index contributed by atoms with van der Waals surface area (Å²) < 4.78 is 26.1. The minimum Gasteiger partial charge on any atom is -0.310 e. The van der Waals surface area contributed by atoms with Gasteiger partial charge in [0.15, 0.2) is 5.78 Å². The van der Waals surface area contributed by atoms with Gasteiger partial charge in [-0.05, 0) is 37.1 Å². The van der Waals surface area contributed by atoms with Crippen LogP contribution in [0.25, 0.3) is 16.5 Å². The number of carbonyl (C=O) groups is 2. The van der Waals surface area contributed by atoms with E-state index in [-0.39, 0.29) is 11.6 Å². The first-order chi connectivity index (χ1) is 14.2. The number of nitrogens with zero attached hydrogens (tertiary/aromatic N) is 2. The van der Waals surface area contributed by atoms with Gasteiger partial charge in [0, 0.05) is 47.8 Å². The standard InChI is InChI=1S/C23H23F2N3O2/c1-5-17(13(3)7-14(4)20(29)6-2)15-8-16-12-27-21(9-19(16)26-11-15)28-22(30)18-10-23(18,24)25/h5,7-9,11-12,18H,4,6,10H2,1-3H3,(H,27,28,30)/b13-7-,17-5+. The second-order valence-corrected chi connectivity index (χ2v) is 7.32. The van der Waals surface area contributed by atoms with Gasteiger partial charge in [0.25, 0.3) is 5.92 Å². The SMILES string of the molecule is C=C(/C=C(C)\C(=C/C)c1cnc2cc(NC(=O)C3CC3(F)F)ncc2c1)C(=O)CC. The van der Waals surface area contributed by atoms with Crippen molar-refractivity contribution in [1.29, 1.82) is 0 Å². The number of hydrogen-bond acceptors (Lipinski definition) is 4. The van der Waals surface area contributed by atoms with Gasteiger partial charge in [-0.3, -0.25) is 14.6 Å². The molecule has 0 aromatic carbocycles. The molecule has 1 aliphatic carbocycles. The number of halogens is 2. The predicted molar refractivity (Wildman–Crippen MR) is 113 cm³/mol. The third-order valence-corrected chi connectivity index (χ3v) is 5.05. The molecular formula is C23H23F2N3O2. The fourth-order valence-electron chi connectivity index (χ4n) is 3.22. The van der Waals surface area contributed by atoms with Crippen LogP contribution in [0, 0.1) is 5.92 Å². The number of fused-ring (bicyclic) bond motifs is 1. The van der Waals surface area contributed by atoms with E-state index in [1.54, 1.807) is 31.5 Å². The van der Waals surface area contributed by atoms with E-state index in [9.17, 15) is 18.4 Å². The Morgan fingerprint density at radius 2 is 2.00 bits per heavy atom. The number of allylic oxidation sites excluding steroid dienone is 5. The van der Waals surface area contributed by atoms with Crippen molar-refractivity contribution in [3.63, 3.8) is 0 Å². The highest BCUT2D eigenvalue weighted by atomic mass is 19.3. The van der Waals surface area contributed by atoms with Crippen LogP contribution in [-0.2, 0) is 9.59 Å². The van der Waals surface area contributed by atoms with Gasteiger partial charge in [-0.1, -0.05) is 19.6 Å². The summed E-state index contributed by atoms with van der Waals surface area (Å²) in [5.74, 6) is -4.76. The van der Waals surface area contributed by atoms with Crippen molar-refractivity contribution in [2.75, 3.05) is 5.32 Å². The van der Waals surface area contributed by atoms with Crippen LogP contribution in [0.5, 0.6) is 0 Å². The number of aromatic nitrogens is 2. The zero-order valence-electron chi connectivity index (χ0n) is 17.1. The van der Waals surface area contributed by atoms with Crippen LogP contribution in [0.2, 0.25) is 0 Å². The first kappa shape index (κ1) is 21.5. The number of anilines is 1. The molecule has 2 aromatic heterocycles. The van der Waals surface area contributed by atoms with Crippen molar-refractivity contribution in [2.24, 2.45) is 5.92 Å². The smallest absolute Gasteiger partial charge is 0.260 e. The molecule has 0 saturated heterocycles. The Morgan fingerprint density at radius 1 is 1.30 bits per heavy atom. The zero-order valence-corrected chi connectivity index (χ0v) is 17.1. The van der Waals surface area contributed by atoms with Crippen LogP contribution in [0.4, 0.5) is 14.6 Å². The molecule has 1 N–H and O–H groups in total. The largest absolute Gasteiger partial charge is 0.310 e. The number of nitrogens with one attached hydrogen (secondary N) is 1. The lowest BCUT2D eigenvalue weighted by Gasteiger charge is -2.10. The topological polar surface area (TPSA) is 72.0 Å². The molecule has 1 aliphatic rings. The molecule has 1 unspecified atom stereocenters. The summed E-state index contributed by atoms with van der Waals surface area (Å²) in [6.07, 6.45) is 6.88. The molecule has 1 saturated carbocycles. The van der Waals surface area contributed by atoms with Crippen molar-refractivity contribution in [2.45, 2.75) is 39.5 Å². The lowest BCUT2D eigenvalue weighted by Crippen LogP contribution is -2.18. The number of ketones is 1. The first-order valence-electron chi connectivity index (χ1n) is 9.68. The predicted octanol–water partition coefficient (Wildman–Crippen LogP) is 5.11. The van der Waals surface area contributed by atoms with E-state index < -0.39 is 24.2 Å². The lowest BCUT2D eigenvalue weighted by molar-refractivity contribution is -0.119. The van der Waals surface area contributed by atoms with Crippen molar-refractivity contribution in [3.8, 4) is 0 Å². The Morgan fingerprint density at radius 3 is 2.60 bits per heavy atom. The monoisotopic (exact) mass is 411 g/mol. The third-order valence-electron chi connectivity index (χ3n) is 5.05. The third kappa shape index (κ3) is 4.50. The van der Waals surface area contributed by atoms with Crippen LogP contribution >= 0.6 is 0 Å². The first-order valence-corrected chi connectivity index (χ1v) is 9.68. The number of rotatable bonds is 7. The molecule has 2 heterocycles. The molecule has 2 aromatic rings. The van der Waals surface area contributed by atoms with Gasteiger partial charge in [0.05, 0.1) is 5.52 Å². The Balaban J connectivity index is 1.82. The minimum absolute atomic E-state index is 0.0100. The van der Waals surface area contributed by atoms with E-state index in [1.165, 1.54) is 0 Å². The molecule has 1 amide bonds. The summed E-state index contributed by atoms with van der Waals surface area (Å²) in [5.41, 5.74) is 3.66. The average molecular weight is 411 g/mol. The molecule has 0 aliphatic heterocycles. The summed E-state index contributed by atoms with van der Waals surface area (Å²) in [4.78, 5) is 32.2. The van der Waals surface area contributed by atoms with Crippen LogP contribution in [0.15, 0.2) is 54.4 Å². The maximum absolute atomic E-state index is 13.0. The van der Waals surface area contributed by atoms with E-state index in [1.807, 2.05) is 26.0 Å². The van der Waals surface area contributed by atoms with Crippen molar-refractivity contribution >= 4 is 34.0 Å². The maximum atomic E-state index is 13.0. The Hall–Kier alpha value is -3.22. The summed E-state index contributed by atoms with van der Waals surface area (Å²) in [5, 5.41) is 3.16. The molecule has 156 valence electrons. The second-order valence-electron chi connectivity index (χ2n) is 7.32. The highest BCUT2D eigenvalue weighted by molar-refractivity contribution is 5.99. The second kappa shape index (κ2) is 8.26. The highest BCUT2D eigenvalue weighted by Gasteiger charge is 2.61. The fraction of sp³-hybridized carbons (Fsp3) is 0.304. The Kier molecular flexibility index (Phi) is 5.92. The number of alkyl halides is 2. The van der Waals surface area contributed by atoms with Crippen LogP contribution in [0.1, 0.15) is 39.2 Å². The van der Waals surface area contributed by atoms with Gasteiger partial charge in [0.1, 0.15) is 11.7 Å². The quantitative estimate of drug-likeness (QED) is 0.508. The number of Topliss-reactive ketones (excluding diaryl/α,β-unsaturated/α-hetero) is 1. The molecule has 0 bridgehead atoms. The highest BCUT2D eigenvalue weighted by Crippen LogP contribution is 2.49. The Labute approximate surface area is 173 Å². The van der Waals surface area contributed by atoms with Crippen LogP contribution in [0.3, 0.4) is 0 Å². The minimum atomic E-state index is -2.92. The van der Waals surface area contributed by atoms with Gasteiger partial charge in [-0.2, -0.15) is 0 Å². The van der Waals surface area contributed by atoms with E-state index in [4.69, 9.17) is 0 Å². The van der Waals surface area contributed by atoms with Gasteiger partial charge in [-0.25, -0.2) is 13.8 Å². The normalized spacial score (nSPS) is 18.2. The molecule has 30 heavy (non-hydrogen) atoms. The number of amides is 1. The summed E-state index contributed by atoms with van der Waals surface area (Å²) in [6, 6.07) is 3.45. The van der Waals surface area contributed by atoms with Crippen molar-refractivity contribution < 1.29 is 18.4 Å². The van der Waals surface area contributed by atoms with Crippen LogP contribution < -0.4 is 5.32 Å². The van der Waals surface area contributed by atoms with E-state index in [0.717, 1.165) is 22.1 Å².